The van der Waals surface area contributed by atoms with Crippen LogP contribution in [0.25, 0.3) is 11.4 Å². The Balaban J connectivity index is 0.000000473. The fourth-order valence-corrected chi connectivity index (χ4v) is 3.54. The first kappa shape index (κ1) is 27.3. The third kappa shape index (κ3) is 11.1. The highest BCUT2D eigenvalue weighted by Gasteiger charge is 2.14. The minimum absolute atomic E-state index is 0.00603. The number of benzene rings is 2. The van der Waals surface area contributed by atoms with E-state index in [2.05, 4.69) is 44.9 Å². The lowest BCUT2D eigenvalue weighted by Gasteiger charge is -2.09. The minimum Gasteiger partial charge on any atom is -0.481 e. The van der Waals surface area contributed by atoms with E-state index >= 15 is 0 Å². The largest absolute Gasteiger partial charge is 0.481 e. The summed E-state index contributed by atoms with van der Waals surface area (Å²) < 4.78 is 0. The molecule has 1 aliphatic heterocycles. The summed E-state index contributed by atoms with van der Waals surface area (Å²) in [4.78, 5) is 37.6. The van der Waals surface area contributed by atoms with Crippen LogP contribution in [-0.2, 0) is 27.2 Å². The van der Waals surface area contributed by atoms with Crippen LogP contribution in [0.15, 0.2) is 60.9 Å². The molecule has 4 rings (SSSR count). The second-order valence-electron chi connectivity index (χ2n) is 8.16. The standard InChI is InChI=1S/C22H24N4O.2C2H4O2/c27-21(26-20-7-5-19(6-8-20)22-24-11-12-25-22)14-17-3-1-16(2-4-17)13-18-9-10-23-15-18;2*1-2(3)4/h1-8,11-12,18,23H,9-10,13-15H2,(H,24,25)(H,26,27);2*1H3,(H,3,4). The Morgan fingerprint density at radius 2 is 1.57 bits per heavy atom. The molecule has 1 atom stereocenters. The number of amides is 1. The Bertz CT molecular complexity index is 1040. The number of nitrogens with zero attached hydrogens (tertiary/aromatic N) is 1. The molecule has 2 aromatic carbocycles. The van der Waals surface area contributed by atoms with E-state index in [4.69, 9.17) is 19.8 Å². The molecule has 5 N–H and O–H groups in total. The Morgan fingerprint density at radius 3 is 2.09 bits per heavy atom. The number of hydrogen-bond donors (Lipinski definition) is 5. The molecule has 1 aromatic heterocycles. The van der Waals surface area contributed by atoms with Crippen LogP contribution < -0.4 is 10.6 Å². The molecule has 186 valence electrons. The predicted octanol–water partition coefficient (Wildman–Crippen LogP) is 3.59. The maximum absolute atomic E-state index is 12.3. The fourth-order valence-electron chi connectivity index (χ4n) is 3.54. The van der Waals surface area contributed by atoms with E-state index in [1.807, 2.05) is 24.3 Å². The van der Waals surface area contributed by atoms with Crippen molar-refractivity contribution in [1.82, 2.24) is 15.3 Å². The summed E-state index contributed by atoms with van der Waals surface area (Å²) in [5.74, 6) is -0.113. The van der Waals surface area contributed by atoms with E-state index in [1.54, 1.807) is 12.4 Å². The highest BCUT2D eigenvalue weighted by atomic mass is 16.4. The molecule has 0 radical (unpaired) electrons. The summed E-state index contributed by atoms with van der Waals surface area (Å²) >= 11 is 0. The van der Waals surface area contributed by atoms with Gasteiger partial charge in [0.1, 0.15) is 5.82 Å². The number of aromatic nitrogens is 2. The molecule has 9 heteroatoms. The van der Waals surface area contributed by atoms with Gasteiger partial charge in [-0.2, -0.15) is 0 Å². The molecule has 3 aromatic rings. The zero-order chi connectivity index (χ0) is 25.6. The monoisotopic (exact) mass is 480 g/mol. The Kier molecular flexibility index (Phi) is 11.2. The zero-order valence-electron chi connectivity index (χ0n) is 20.0. The predicted molar refractivity (Wildman–Crippen MR) is 134 cm³/mol. The number of carbonyl (C=O) groups is 3. The highest BCUT2D eigenvalue weighted by molar-refractivity contribution is 5.92. The van der Waals surface area contributed by atoms with E-state index in [0.29, 0.717) is 6.42 Å². The van der Waals surface area contributed by atoms with Gasteiger partial charge in [0, 0.05) is 37.5 Å². The van der Waals surface area contributed by atoms with Crippen molar-refractivity contribution in [3.8, 4) is 11.4 Å². The number of carboxylic acid groups (broad SMARTS) is 2. The molecule has 0 saturated carbocycles. The van der Waals surface area contributed by atoms with Gasteiger partial charge in [-0.15, -0.1) is 0 Å². The number of carboxylic acids is 2. The maximum Gasteiger partial charge on any atom is 0.300 e. The van der Waals surface area contributed by atoms with Gasteiger partial charge in [-0.1, -0.05) is 24.3 Å². The summed E-state index contributed by atoms with van der Waals surface area (Å²) in [7, 11) is 0. The molecule has 1 aliphatic rings. The average molecular weight is 481 g/mol. The molecule has 0 bridgehead atoms. The Morgan fingerprint density at radius 1 is 0.971 bits per heavy atom. The molecular formula is C26H32N4O5. The van der Waals surface area contributed by atoms with Crippen LogP contribution in [0.1, 0.15) is 31.4 Å². The quantitative estimate of drug-likeness (QED) is 0.362. The van der Waals surface area contributed by atoms with E-state index in [9.17, 15) is 4.79 Å². The summed E-state index contributed by atoms with van der Waals surface area (Å²) in [6.45, 7) is 4.41. The zero-order valence-corrected chi connectivity index (χ0v) is 20.0. The van der Waals surface area contributed by atoms with Gasteiger partial charge in [-0.25, -0.2) is 4.98 Å². The fraction of sp³-hybridized carbons (Fsp3) is 0.308. The molecular weight excluding hydrogens is 448 g/mol. The first-order valence-electron chi connectivity index (χ1n) is 11.3. The van der Waals surface area contributed by atoms with Crippen molar-refractivity contribution in [3.63, 3.8) is 0 Å². The van der Waals surface area contributed by atoms with Gasteiger partial charge >= 0.3 is 0 Å². The number of imidazole rings is 1. The summed E-state index contributed by atoms with van der Waals surface area (Å²) in [6.07, 6.45) is 6.26. The molecule has 1 fully saturated rings. The Labute approximate surface area is 204 Å². The normalized spacial score (nSPS) is 14.1. The van der Waals surface area contributed by atoms with Gasteiger partial charge in [0.05, 0.1) is 6.42 Å². The molecule has 1 amide bonds. The van der Waals surface area contributed by atoms with E-state index in [0.717, 1.165) is 61.9 Å². The van der Waals surface area contributed by atoms with Crippen LogP contribution in [-0.4, -0.2) is 51.1 Å². The van der Waals surface area contributed by atoms with Gasteiger partial charge in [0.15, 0.2) is 0 Å². The highest BCUT2D eigenvalue weighted by Crippen LogP contribution is 2.18. The second-order valence-corrected chi connectivity index (χ2v) is 8.16. The molecule has 1 saturated heterocycles. The van der Waals surface area contributed by atoms with Crippen LogP contribution in [0, 0.1) is 5.92 Å². The second kappa shape index (κ2) is 14.3. The van der Waals surface area contributed by atoms with Crippen molar-refractivity contribution in [1.29, 1.82) is 0 Å². The lowest BCUT2D eigenvalue weighted by atomic mass is 9.97. The SMILES string of the molecule is CC(=O)O.CC(=O)O.O=C(Cc1ccc(CC2CCNC2)cc1)Nc1ccc(-c2ncc[nH]2)cc1. The minimum atomic E-state index is -0.833. The number of hydrogen-bond acceptors (Lipinski definition) is 5. The number of H-pyrrole nitrogens is 1. The third-order valence-electron chi connectivity index (χ3n) is 5.01. The molecule has 0 aliphatic carbocycles. The summed E-state index contributed by atoms with van der Waals surface area (Å²) in [5.41, 5.74) is 4.17. The van der Waals surface area contributed by atoms with Crippen LogP contribution in [0.5, 0.6) is 0 Å². The van der Waals surface area contributed by atoms with Crippen molar-refractivity contribution in [2.75, 3.05) is 18.4 Å². The number of aliphatic carboxylic acids is 2. The number of carbonyl (C=O) groups excluding carboxylic acids is 1. The van der Waals surface area contributed by atoms with Crippen molar-refractivity contribution in [2.45, 2.75) is 33.1 Å². The Hall–Kier alpha value is -3.98. The van der Waals surface area contributed by atoms with Crippen LogP contribution >= 0.6 is 0 Å². The number of aromatic amines is 1. The molecule has 2 heterocycles. The van der Waals surface area contributed by atoms with Gasteiger partial charge in [-0.05, 0) is 67.2 Å². The van der Waals surface area contributed by atoms with Crippen LogP contribution in [0.2, 0.25) is 0 Å². The van der Waals surface area contributed by atoms with Crippen LogP contribution in [0.3, 0.4) is 0 Å². The lowest BCUT2D eigenvalue weighted by molar-refractivity contribution is -0.135. The van der Waals surface area contributed by atoms with Crippen molar-refractivity contribution in [2.24, 2.45) is 5.92 Å². The smallest absolute Gasteiger partial charge is 0.300 e. The lowest BCUT2D eigenvalue weighted by Crippen LogP contribution is -2.14. The van der Waals surface area contributed by atoms with Gasteiger partial charge in [-0.3, -0.25) is 14.4 Å². The number of rotatable bonds is 6. The van der Waals surface area contributed by atoms with E-state index in [1.165, 1.54) is 12.0 Å². The molecule has 1 unspecified atom stereocenters. The summed E-state index contributed by atoms with van der Waals surface area (Å²) in [5, 5.41) is 21.2. The summed E-state index contributed by atoms with van der Waals surface area (Å²) in [6, 6.07) is 16.1. The van der Waals surface area contributed by atoms with E-state index < -0.39 is 11.9 Å². The maximum atomic E-state index is 12.3. The van der Waals surface area contributed by atoms with Crippen molar-refractivity contribution < 1.29 is 24.6 Å². The van der Waals surface area contributed by atoms with E-state index in [-0.39, 0.29) is 5.91 Å². The first-order chi connectivity index (χ1) is 16.7. The van der Waals surface area contributed by atoms with Crippen molar-refractivity contribution in [3.05, 3.63) is 72.1 Å². The molecule has 0 spiro atoms. The average Bonchev–Trinajstić information content (AvgIpc) is 3.49. The topological polar surface area (TPSA) is 144 Å². The molecule has 35 heavy (non-hydrogen) atoms. The number of anilines is 1. The van der Waals surface area contributed by atoms with Crippen LogP contribution in [0.4, 0.5) is 5.69 Å². The van der Waals surface area contributed by atoms with Gasteiger partial charge < -0.3 is 25.8 Å². The number of nitrogens with one attached hydrogen (secondary N) is 3. The molecule has 9 nitrogen and oxygen atoms in total. The van der Waals surface area contributed by atoms with Gasteiger partial charge in [0.2, 0.25) is 5.91 Å². The first-order valence-corrected chi connectivity index (χ1v) is 11.3. The van der Waals surface area contributed by atoms with Crippen molar-refractivity contribution >= 4 is 23.5 Å². The third-order valence-corrected chi connectivity index (χ3v) is 5.01. The van der Waals surface area contributed by atoms with Gasteiger partial charge in [0.25, 0.3) is 11.9 Å².